The van der Waals surface area contributed by atoms with Crippen LogP contribution in [0, 0.1) is 13.8 Å². The number of amides is 1. The van der Waals surface area contributed by atoms with Crippen LogP contribution in [0.15, 0.2) is 43.0 Å². The molecule has 6 heteroatoms. The van der Waals surface area contributed by atoms with Crippen molar-refractivity contribution in [2.45, 2.75) is 40.2 Å². The molecule has 0 aliphatic rings. The Hall–Kier alpha value is -3.02. The summed E-state index contributed by atoms with van der Waals surface area (Å²) in [6.07, 6.45) is 6.23. The Kier molecular flexibility index (Phi) is 5.64. The third kappa shape index (κ3) is 4.22. The molecule has 2 aromatic heterocycles. The summed E-state index contributed by atoms with van der Waals surface area (Å²) in [7, 11) is 0. The van der Waals surface area contributed by atoms with Gasteiger partial charge in [-0.1, -0.05) is 19.1 Å². The van der Waals surface area contributed by atoms with Gasteiger partial charge in [-0.25, -0.2) is 15.0 Å². The minimum Gasteiger partial charge on any atom is -0.350 e. The Balaban J connectivity index is 1.81. The molecule has 1 N–H and O–H groups in total. The topological polar surface area (TPSA) is 72.7 Å². The van der Waals surface area contributed by atoms with E-state index in [4.69, 9.17) is 0 Å². The first-order valence-electron chi connectivity index (χ1n) is 9.19. The lowest BCUT2D eigenvalue weighted by Gasteiger charge is -2.15. The number of carbonyl (C=O) groups is 1. The summed E-state index contributed by atoms with van der Waals surface area (Å²) in [6.45, 7) is 8.57. The van der Waals surface area contributed by atoms with Gasteiger partial charge >= 0.3 is 0 Å². The lowest BCUT2D eigenvalue weighted by atomic mass is 10.0. The molecule has 1 amide bonds. The van der Waals surface area contributed by atoms with E-state index in [0.717, 1.165) is 34.8 Å². The van der Waals surface area contributed by atoms with Crippen LogP contribution < -0.4 is 5.32 Å². The van der Waals surface area contributed by atoms with E-state index in [1.807, 2.05) is 55.8 Å². The highest BCUT2D eigenvalue weighted by atomic mass is 16.1. The molecule has 0 bridgehead atoms. The number of benzene rings is 1. The van der Waals surface area contributed by atoms with Crippen molar-refractivity contribution >= 4 is 5.91 Å². The number of carbonyl (C=O) groups excluding carboxylic acids is 1. The van der Waals surface area contributed by atoms with Gasteiger partial charge in [0.2, 0.25) is 0 Å². The summed E-state index contributed by atoms with van der Waals surface area (Å²) >= 11 is 0. The van der Waals surface area contributed by atoms with Crippen molar-refractivity contribution < 1.29 is 4.79 Å². The molecule has 27 heavy (non-hydrogen) atoms. The lowest BCUT2D eigenvalue weighted by molar-refractivity contribution is 0.0948. The van der Waals surface area contributed by atoms with E-state index >= 15 is 0 Å². The van der Waals surface area contributed by atoms with Crippen LogP contribution >= 0.6 is 0 Å². The fourth-order valence-corrected chi connectivity index (χ4v) is 3.18. The number of aromatic nitrogens is 4. The molecule has 0 saturated carbocycles. The highest BCUT2D eigenvalue weighted by Gasteiger charge is 2.14. The summed E-state index contributed by atoms with van der Waals surface area (Å²) in [5.74, 6) is 0.646. The second-order valence-electron chi connectivity index (χ2n) is 6.69. The third-order valence-electron chi connectivity index (χ3n) is 4.67. The van der Waals surface area contributed by atoms with Crippen LogP contribution in [0.4, 0.5) is 0 Å². The molecule has 0 spiro atoms. The molecule has 1 aromatic carbocycles. The number of imidazole rings is 1. The fourth-order valence-electron chi connectivity index (χ4n) is 3.18. The summed E-state index contributed by atoms with van der Waals surface area (Å²) in [5.41, 5.74) is 4.58. The standard InChI is InChI=1S/C21H25N5O/c1-5-19-15(3)24-16(4)25-20(19)17-7-6-8-18(11-17)21(27)23-12-14(2)26-10-9-22-13-26/h6-11,13-14H,5,12H2,1-4H3,(H,23,27)/t14-/m1/s1. The molecular weight excluding hydrogens is 338 g/mol. The maximum atomic E-state index is 12.6. The number of nitrogens with zero attached hydrogens (tertiary/aromatic N) is 4. The minimum absolute atomic E-state index is 0.0932. The van der Waals surface area contributed by atoms with E-state index in [1.165, 1.54) is 0 Å². The van der Waals surface area contributed by atoms with Crippen LogP contribution in [0.25, 0.3) is 11.3 Å². The van der Waals surface area contributed by atoms with Gasteiger partial charge in [-0.2, -0.15) is 0 Å². The largest absolute Gasteiger partial charge is 0.350 e. The van der Waals surface area contributed by atoms with Crippen LogP contribution in [0.5, 0.6) is 0 Å². The first-order chi connectivity index (χ1) is 13.0. The Morgan fingerprint density at radius 2 is 2.07 bits per heavy atom. The number of nitrogens with one attached hydrogen (secondary N) is 1. The van der Waals surface area contributed by atoms with Crippen molar-refractivity contribution in [2.75, 3.05) is 6.54 Å². The fraction of sp³-hybridized carbons (Fsp3) is 0.333. The average molecular weight is 363 g/mol. The molecule has 1 atom stereocenters. The molecule has 2 heterocycles. The van der Waals surface area contributed by atoms with Gasteiger partial charge < -0.3 is 9.88 Å². The predicted octanol–water partition coefficient (Wildman–Crippen LogP) is 3.51. The zero-order valence-electron chi connectivity index (χ0n) is 16.2. The molecule has 6 nitrogen and oxygen atoms in total. The van der Waals surface area contributed by atoms with Crippen LogP contribution in [0.1, 0.15) is 47.3 Å². The van der Waals surface area contributed by atoms with Crippen LogP contribution in [0.2, 0.25) is 0 Å². The van der Waals surface area contributed by atoms with Gasteiger partial charge in [0, 0.05) is 41.8 Å². The van der Waals surface area contributed by atoms with Crippen molar-refractivity contribution in [3.63, 3.8) is 0 Å². The Labute approximate surface area is 159 Å². The minimum atomic E-state index is -0.0932. The van der Waals surface area contributed by atoms with Crippen molar-refractivity contribution in [1.82, 2.24) is 24.8 Å². The quantitative estimate of drug-likeness (QED) is 0.727. The van der Waals surface area contributed by atoms with Crippen LogP contribution in [-0.2, 0) is 6.42 Å². The summed E-state index contributed by atoms with van der Waals surface area (Å²) in [6, 6.07) is 7.75. The van der Waals surface area contributed by atoms with E-state index in [0.29, 0.717) is 12.1 Å². The van der Waals surface area contributed by atoms with Gasteiger partial charge in [0.05, 0.1) is 12.0 Å². The first-order valence-corrected chi connectivity index (χ1v) is 9.19. The summed E-state index contributed by atoms with van der Waals surface area (Å²) in [5, 5.41) is 3.00. The average Bonchev–Trinajstić information content (AvgIpc) is 3.20. The molecule has 0 fully saturated rings. The van der Waals surface area contributed by atoms with Gasteiger partial charge in [0.25, 0.3) is 5.91 Å². The molecule has 3 aromatic rings. The predicted molar refractivity (Wildman–Crippen MR) is 106 cm³/mol. The number of rotatable bonds is 6. The van der Waals surface area contributed by atoms with Crippen molar-refractivity contribution in [1.29, 1.82) is 0 Å². The van der Waals surface area contributed by atoms with Gasteiger partial charge in [-0.05, 0) is 44.9 Å². The first kappa shape index (κ1) is 18.8. The van der Waals surface area contributed by atoms with Crippen molar-refractivity contribution in [2.24, 2.45) is 0 Å². The molecular formula is C21H25N5O. The molecule has 3 rings (SSSR count). The number of hydrogen-bond donors (Lipinski definition) is 1. The molecule has 0 aliphatic heterocycles. The third-order valence-corrected chi connectivity index (χ3v) is 4.67. The molecule has 0 unspecified atom stereocenters. The highest BCUT2D eigenvalue weighted by molar-refractivity contribution is 5.95. The molecule has 0 radical (unpaired) electrons. The van der Waals surface area contributed by atoms with E-state index < -0.39 is 0 Å². The molecule has 140 valence electrons. The Morgan fingerprint density at radius 1 is 1.26 bits per heavy atom. The summed E-state index contributed by atoms with van der Waals surface area (Å²) in [4.78, 5) is 25.8. The molecule has 0 saturated heterocycles. The van der Waals surface area contributed by atoms with E-state index in [-0.39, 0.29) is 11.9 Å². The monoisotopic (exact) mass is 363 g/mol. The van der Waals surface area contributed by atoms with Crippen molar-refractivity contribution in [3.8, 4) is 11.3 Å². The maximum Gasteiger partial charge on any atom is 0.251 e. The zero-order valence-corrected chi connectivity index (χ0v) is 16.2. The smallest absolute Gasteiger partial charge is 0.251 e. The normalized spacial score (nSPS) is 12.0. The van der Waals surface area contributed by atoms with Gasteiger partial charge in [-0.15, -0.1) is 0 Å². The van der Waals surface area contributed by atoms with E-state index in [9.17, 15) is 4.79 Å². The Bertz CT molecular complexity index is 934. The summed E-state index contributed by atoms with van der Waals surface area (Å²) < 4.78 is 1.97. The number of aryl methyl sites for hydroxylation is 2. The highest BCUT2D eigenvalue weighted by Crippen LogP contribution is 2.25. The van der Waals surface area contributed by atoms with Crippen LogP contribution in [-0.4, -0.2) is 32.0 Å². The second kappa shape index (κ2) is 8.12. The maximum absolute atomic E-state index is 12.6. The van der Waals surface area contributed by atoms with E-state index in [1.54, 1.807) is 12.5 Å². The zero-order chi connectivity index (χ0) is 19.4. The lowest BCUT2D eigenvalue weighted by Crippen LogP contribution is -2.29. The SMILES string of the molecule is CCc1c(C)nc(C)nc1-c1cccc(C(=O)NC[C@@H](C)n2ccnc2)c1. The van der Waals surface area contributed by atoms with Crippen molar-refractivity contribution in [3.05, 3.63) is 65.6 Å². The van der Waals surface area contributed by atoms with Gasteiger partial charge in [0.1, 0.15) is 5.82 Å². The number of hydrogen-bond acceptors (Lipinski definition) is 4. The van der Waals surface area contributed by atoms with Crippen LogP contribution in [0.3, 0.4) is 0 Å². The second-order valence-corrected chi connectivity index (χ2v) is 6.69. The van der Waals surface area contributed by atoms with E-state index in [2.05, 4.69) is 27.2 Å². The Morgan fingerprint density at radius 3 is 2.78 bits per heavy atom. The van der Waals surface area contributed by atoms with Gasteiger partial charge in [-0.3, -0.25) is 4.79 Å². The molecule has 0 aliphatic carbocycles. The van der Waals surface area contributed by atoms with Gasteiger partial charge in [0.15, 0.2) is 0 Å².